The van der Waals surface area contributed by atoms with Crippen molar-refractivity contribution in [3.8, 4) is 0 Å². The second kappa shape index (κ2) is 5.35. The second-order valence-corrected chi connectivity index (χ2v) is 6.75. The van der Waals surface area contributed by atoms with Crippen LogP contribution in [0.1, 0.15) is 48.9 Å². The first-order valence-electron chi connectivity index (χ1n) is 6.35. The van der Waals surface area contributed by atoms with Gasteiger partial charge in [0.25, 0.3) is 0 Å². The van der Waals surface area contributed by atoms with Crippen molar-refractivity contribution in [2.24, 2.45) is 5.73 Å². The van der Waals surface area contributed by atoms with Crippen LogP contribution in [-0.2, 0) is 11.8 Å². The summed E-state index contributed by atoms with van der Waals surface area (Å²) in [7, 11) is 0. The Kier molecular flexibility index (Phi) is 3.96. The molecule has 0 saturated carbocycles. The molecule has 0 radical (unpaired) electrons. The lowest BCUT2D eigenvalue weighted by molar-refractivity contribution is 0.568. The van der Waals surface area contributed by atoms with Gasteiger partial charge in [0, 0.05) is 29.6 Å². The van der Waals surface area contributed by atoms with Gasteiger partial charge in [0.05, 0.1) is 16.7 Å². The summed E-state index contributed by atoms with van der Waals surface area (Å²) in [4.78, 5) is 13.2. The van der Waals surface area contributed by atoms with E-state index in [-0.39, 0.29) is 11.5 Å². The standard InChI is InChI=1S/C14H20N4S/c1-9-6-16-13(17-7-9)10(15)5-12-18-11(8-19-12)14(2,3)4/h6-8,10H,5,15H2,1-4H3. The monoisotopic (exact) mass is 276 g/mol. The summed E-state index contributed by atoms with van der Waals surface area (Å²) in [6.07, 6.45) is 4.28. The number of nitrogens with two attached hydrogens (primary N) is 1. The summed E-state index contributed by atoms with van der Waals surface area (Å²) >= 11 is 1.66. The molecule has 0 aliphatic heterocycles. The van der Waals surface area contributed by atoms with Crippen LogP contribution in [0.4, 0.5) is 0 Å². The van der Waals surface area contributed by atoms with Gasteiger partial charge in [-0.25, -0.2) is 15.0 Å². The van der Waals surface area contributed by atoms with E-state index in [9.17, 15) is 0 Å². The molecule has 0 aliphatic rings. The van der Waals surface area contributed by atoms with Gasteiger partial charge in [0.2, 0.25) is 0 Å². The Morgan fingerprint density at radius 1 is 1.26 bits per heavy atom. The number of hydrogen-bond donors (Lipinski definition) is 1. The van der Waals surface area contributed by atoms with Gasteiger partial charge in [-0.3, -0.25) is 0 Å². The molecule has 2 N–H and O–H groups in total. The summed E-state index contributed by atoms with van der Waals surface area (Å²) in [6, 6.07) is -0.195. The maximum Gasteiger partial charge on any atom is 0.145 e. The Bertz CT molecular complexity index is 539. The largest absolute Gasteiger partial charge is 0.321 e. The third kappa shape index (κ3) is 3.58. The highest BCUT2D eigenvalue weighted by molar-refractivity contribution is 7.09. The van der Waals surface area contributed by atoms with E-state index >= 15 is 0 Å². The summed E-state index contributed by atoms with van der Waals surface area (Å²) < 4.78 is 0. The predicted octanol–water partition coefficient (Wildman–Crippen LogP) is 2.78. The van der Waals surface area contributed by atoms with Crippen molar-refractivity contribution >= 4 is 11.3 Å². The molecule has 2 aromatic heterocycles. The van der Waals surface area contributed by atoms with Crippen LogP contribution < -0.4 is 5.73 Å². The summed E-state index contributed by atoms with van der Waals surface area (Å²) in [6.45, 7) is 8.45. The molecule has 0 amide bonds. The van der Waals surface area contributed by atoms with Crippen LogP contribution in [0.5, 0.6) is 0 Å². The number of aromatic nitrogens is 3. The SMILES string of the molecule is Cc1cnc(C(N)Cc2nc(C(C)(C)C)cs2)nc1. The minimum Gasteiger partial charge on any atom is -0.321 e. The lowest BCUT2D eigenvalue weighted by Gasteiger charge is -2.14. The van der Waals surface area contributed by atoms with E-state index < -0.39 is 0 Å². The number of aryl methyl sites for hydroxylation is 1. The molecule has 0 aromatic carbocycles. The quantitative estimate of drug-likeness (QED) is 0.936. The Hall–Kier alpha value is -1.33. The predicted molar refractivity (Wildman–Crippen MR) is 78.2 cm³/mol. The van der Waals surface area contributed by atoms with Crippen LogP contribution in [0.15, 0.2) is 17.8 Å². The van der Waals surface area contributed by atoms with Crippen LogP contribution in [-0.4, -0.2) is 15.0 Å². The zero-order chi connectivity index (χ0) is 14.0. The van der Waals surface area contributed by atoms with Crippen molar-refractivity contribution in [3.63, 3.8) is 0 Å². The van der Waals surface area contributed by atoms with Gasteiger partial charge < -0.3 is 5.73 Å². The minimum absolute atomic E-state index is 0.0825. The topological polar surface area (TPSA) is 64.7 Å². The molecule has 4 nitrogen and oxygen atoms in total. The van der Waals surface area contributed by atoms with E-state index in [0.29, 0.717) is 12.2 Å². The average Bonchev–Trinajstić information content (AvgIpc) is 2.78. The maximum absolute atomic E-state index is 6.14. The fourth-order valence-electron chi connectivity index (χ4n) is 1.62. The number of nitrogens with zero attached hydrogens (tertiary/aromatic N) is 3. The molecule has 0 bridgehead atoms. The Labute approximate surface area is 118 Å². The number of rotatable bonds is 3. The highest BCUT2D eigenvalue weighted by Crippen LogP contribution is 2.25. The van der Waals surface area contributed by atoms with Gasteiger partial charge in [-0.2, -0.15) is 0 Å². The summed E-state index contributed by atoms with van der Waals surface area (Å²) in [5, 5.41) is 3.15. The van der Waals surface area contributed by atoms with Crippen LogP contribution >= 0.6 is 11.3 Å². The van der Waals surface area contributed by atoms with Crippen LogP contribution in [0.25, 0.3) is 0 Å². The Morgan fingerprint density at radius 2 is 1.89 bits per heavy atom. The highest BCUT2D eigenvalue weighted by atomic mass is 32.1. The molecule has 19 heavy (non-hydrogen) atoms. The van der Waals surface area contributed by atoms with E-state index in [1.165, 1.54) is 0 Å². The first-order chi connectivity index (χ1) is 8.86. The van der Waals surface area contributed by atoms with Crippen molar-refractivity contribution in [2.75, 3.05) is 0 Å². The fraction of sp³-hybridized carbons (Fsp3) is 0.500. The van der Waals surface area contributed by atoms with Gasteiger partial charge in [-0.05, 0) is 12.5 Å². The molecule has 5 heteroatoms. The zero-order valence-electron chi connectivity index (χ0n) is 11.8. The Morgan fingerprint density at radius 3 is 2.42 bits per heavy atom. The zero-order valence-corrected chi connectivity index (χ0v) is 12.7. The molecular formula is C14H20N4S. The molecular weight excluding hydrogens is 256 g/mol. The molecule has 0 saturated heterocycles. The lowest BCUT2D eigenvalue weighted by Crippen LogP contribution is -2.17. The summed E-state index contributed by atoms with van der Waals surface area (Å²) in [5.74, 6) is 0.679. The molecule has 2 rings (SSSR count). The van der Waals surface area contributed by atoms with Crippen LogP contribution in [0.3, 0.4) is 0 Å². The van der Waals surface area contributed by atoms with Crippen LogP contribution in [0.2, 0.25) is 0 Å². The van der Waals surface area contributed by atoms with Gasteiger partial charge >= 0.3 is 0 Å². The van der Waals surface area contributed by atoms with Crippen LogP contribution in [0, 0.1) is 6.92 Å². The van der Waals surface area contributed by atoms with E-state index in [0.717, 1.165) is 16.3 Å². The second-order valence-electron chi connectivity index (χ2n) is 5.81. The first-order valence-corrected chi connectivity index (χ1v) is 7.23. The van der Waals surface area contributed by atoms with E-state index in [1.807, 2.05) is 6.92 Å². The molecule has 2 aromatic rings. The molecule has 102 valence electrons. The van der Waals surface area contributed by atoms with Crippen molar-refractivity contribution < 1.29 is 0 Å². The van der Waals surface area contributed by atoms with E-state index in [4.69, 9.17) is 5.73 Å². The average molecular weight is 276 g/mol. The lowest BCUT2D eigenvalue weighted by atomic mass is 9.93. The van der Waals surface area contributed by atoms with Crippen molar-refractivity contribution in [1.29, 1.82) is 0 Å². The van der Waals surface area contributed by atoms with Gasteiger partial charge in [0.1, 0.15) is 5.82 Å². The van der Waals surface area contributed by atoms with Gasteiger partial charge in [-0.1, -0.05) is 20.8 Å². The first kappa shape index (κ1) is 14.1. The summed E-state index contributed by atoms with van der Waals surface area (Å²) in [5.41, 5.74) is 8.38. The van der Waals surface area contributed by atoms with Crippen molar-refractivity contribution in [1.82, 2.24) is 15.0 Å². The van der Waals surface area contributed by atoms with Crippen molar-refractivity contribution in [2.45, 2.75) is 45.6 Å². The van der Waals surface area contributed by atoms with E-state index in [2.05, 4.69) is 41.1 Å². The highest BCUT2D eigenvalue weighted by Gasteiger charge is 2.19. The fourth-order valence-corrected chi connectivity index (χ4v) is 2.70. The third-order valence-corrected chi connectivity index (χ3v) is 3.72. The van der Waals surface area contributed by atoms with E-state index in [1.54, 1.807) is 23.7 Å². The molecule has 0 fully saturated rings. The molecule has 0 spiro atoms. The normalized spacial score (nSPS) is 13.5. The third-order valence-electron chi connectivity index (χ3n) is 2.85. The molecule has 0 aliphatic carbocycles. The Balaban J connectivity index is 2.08. The maximum atomic E-state index is 6.14. The molecule has 2 heterocycles. The number of hydrogen-bond acceptors (Lipinski definition) is 5. The number of thiazole rings is 1. The van der Waals surface area contributed by atoms with Gasteiger partial charge in [-0.15, -0.1) is 11.3 Å². The smallest absolute Gasteiger partial charge is 0.145 e. The molecule has 1 unspecified atom stereocenters. The van der Waals surface area contributed by atoms with Crippen molar-refractivity contribution in [3.05, 3.63) is 39.9 Å². The molecule has 1 atom stereocenters. The van der Waals surface area contributed by atoms with Gasteiger partial charge in [0.15, 0.2) is 0 Å². The minimum atomic E-state index is -0.195.